The number of hydrogen-bond acceptors (Lipinski definition) is 3. The molecule has 0 aliphatic carbocycles. The molecule has 0 amide bonds. The van der Waals surface area contributed by atoms with E-state index in [0.717, 1.165) is 29.6 Å². The lowest BCUT2D eigenvalue weighted by molar-refractivity contribution is 0.550. The molecule has 0 radical (unpaired) electrons. The normalized spacial score (nSPS) is 12.3. The van der Waals surface area contributed by atoms with Gasteiger partial charge in [-0.25, -0.2) is 0 Å². The van der Waals surface area contributed by atoms with Gasteiger partial charge >= 0.3 is 0 Å². The van der Waals surface area contributed by atoms with Crippen LogP contribution in [-0.2, 0) is 6.42 Å². The Bertz CT molecular complexity index is 533. The third-order valence-electron chi connectivity index (χ3n) is 3.16. The molecule has 0 aliphatic rings. The van der Waals surface area contributed by atoms with Crippen LogP contribution < -0.4 is 5.32 Å². The fourth-order valence-electron chi connectivity index (χ4n) is 2.10. The van der Waals surface area contributed by atoms with E-state index < -0.39 is 0 Å². The minimum atomic E-state index is 0.483. The van der Waals surface area contributed by atoms with Crippen LogP contribution in [0.15, 0.2) is 58.2 Å². The van der Waals surface area contributed by atoms with Gasteiger partial charge in [0, 0.05) is 33.6 Å². The molecule has 0 fully saturated rings. The molecule has 2 nitrogen and oxygen atoms in total. The SMILES string of the molecule is CCCNC(CSc1cccc(Br)c1)Cc1ccncc1. The van der Waals surface area contributed by atoms with E-state index in [9.17, 15) is 0 Å². The van der Waals surface area contributed by atoms with Crippen LogP contribution in [0.2, 0.25) is 0 Å². The van der Waals surface area contributed by atoms with Gasteiger partial charge in [0.2, 0.25) is 0 Å². The molecule has 0 saturated carbocycles. The zero-order chi connectivity index (χ0) is 14.9. The van der Waals surface area contributed by atoms with E-state index >= 15 is 0 Å². The molecule has 112 valence electrons. The first-order valence-electron chi connectivity index (χ1n) is 7.28. The predicted octanol–water partition coefficient (Wildman–Crippen LogP) is 4.55. The molecule has 1 aromatic heterocycles. The number of halogens is 1. The summed E-state index contributed by atoms with van der Waals surface area (Å²) >= 11 is 5.43. The van der Waals surface area contributed by atoms with Crippen molar-refractivity contribution in [1.82, 2.24) is 10.3 Å². The average Bonchev–Trinajstić information content (AvgIpc) is 2.51. The fraction of sp³-hybridized carbons (Fsp3) is 0.353. The van der Waals surface area contributed by atoms with Crippen molar-refractivity contribution in [3.05, 3.63) is 58.8 Å². The van der Waals surface area contributed by atoms with E-state index in [0.29, 0.717) is 6.04 Å². The van der Waals surface area contributed by atoms with E-state index in [4.69, 9.17) is 0 Å². The van der Waals surface area contributed by atoms with Crippen molar-refractivity contribution in [1.29, 1.82) is 0 Å². The molecule has 1 N–H and O–H groups in total. The van der Waals surface area contributed by atoms with Gasteiger partial charge < -0.3 is 5.32 Å². The highest BCUT2D eigenvalue weighted by atomic mass is 79.9. The molecule has 1 atom stereocenters. The maximum absolute atomic E-state index is 4.09. The molecule has 4 heteroatoms. The Morgan fingerprint density at radius 2 is 2.05 bits per heavy atom. The lowest BCUT2D eigenvalue weighted by Gasteiger charge is -2.18. The summed E-state index contributed by atoms with van der Waals surface area (Å²) < 4.78 is 1.14. The number of pyridine rings is 1. The Morgan fingerprint density at radius 1 is 1.24 bits per heavy atom. The fourth-order valence-corrected chi connectivity index (χ4v) is 3.66. The van der Waals surface area contributed by atoms with Crippen LogP contribution in [0.3, 0.4) is 0 Å². The van der Waals surface area contributed by atoms with Crippen LogP contribution >= 0.6 is 27.7 Å². The predicted molar refractivity (Wildman–Crippen MR) is 94.9 cm³/mol. The monoisotopic (exact) mass is 364 g/mol. The van der Waals surface area contributed by atoms with Crippen molar-refractivity contribution in [2.45, 2.75) is 30.7 Å². The summed E-state index contributed by atoms with van der Waals surface area (Å²) in [5.41, 5.74) is 1.34. The quantitative estimate of drug-likeness (QED) is 0.695. The Balaban J connectivity index is 1.92. The average molecular weight is 365 g/mol. The summed E-state index contributed by atoms with van der Waals surface area (Å²) in [5, 5.41) is 3.65. The van der Waals surface area contributed by atoms with E-state index in [2.05, 4.69) is 69.6 Å². The molecule has 1 aromatic carbocycles. The lowest BCUT2D eigenvalue weighted by Crippen LogP contribution is -2.34. The minimum Gasteiger partial charge on any atom is -0.313 e. The molecular formula is C17H21BrN2S. The number of nitrogens with one attached hydrogen (secondary N) is 1. The Kier molecular flexibility index (Phi) is 7.27. The van der Waals surface area contributed by atoms with E-state index in [1.54, 1.807) is 0 Å². The lowest BCUT2D eigenvalue weighted by atomic mass is 10.1. The summed E-state index contributed by atoms with van der Waals surface area (Å²) in [4.78, 5) is 5.40. The molecule has 1 unspecified atom stereocenters. The molecule has 0 spiro atoms. The van der Waals surface area contributed by atoms with Gasteiger partial charge in [0.1, 0.15) is 0 Å². The summed E-state index contributed by atoms with van der Waals surface area (Å²) in [5.74, 6) is 1.07. The van der Waals surface area contributed by atoms with Gasteiger partial charge in [-0.3, -0.25) is 4.98 Å². The van der Waals surface area contributed by atoms with Crippen molar-refractivity contribution in [3.8, 4) is 0 Å². The minimum absolute atomic E-state index is 0.483. The van der Waals surface area contributed by atoms with Gasteiger partial charge in [0.15, 0.2) is 0 Å². The van der Waals surface area contributed by atoms with Gasteiger partial charge in [0.25, 0.3) is 0 Å². The smallest absolute Gasteiger partial charge is 0.0270 e. The van der Waals surface area contributed by atoms with Crippen LogP contribution in [0.4, 0.5) is 0 Å². The van der Waals surface area contributed by atoms with Crippen LogP contribution in [0, 0.1) is 0 Å². The molecule has 21 heavy (non-hydrogen) atoms. The van der Waals surface area contributed by atoms with Crippen LogP contribution in [-0.4, -0.2) is 23.3 Å². The highest BCUT2D eigenvalue weighted by molar-refractivity contribution is 9.10. The summed E-state index contributed by atoms with van der Waals surface area (Å²) in [7, 11) is 0. The third-order valence-corrected chi connectivity index (χ3v) is 4.81. The largest absolute Gasteiger partial charge is 0.313 e. The van der Waals surface area contributed by atoms with Crippen LogP contribution in [0.5, 0.6) is 0 Å². The summed E-state index contributed by atoms with van der Waals surface area (Å²) in [6, 6.07) is 13.2. The van der Waals surface area contributed by atoms with E-state index in [-0.39, 0.29) is 0 Å². The number of thioether (sulfide) groups is 1. The van der Waals surface area contributed by atoms with Gasteiger partial charge in [-0.2, -0.15) is 0 Å². The third kappa shape index (κ3) is 6.20. The number of benzene rings is 1. The molecule has 1 heterocycles. The van der Waals surface area contributed by atoms with E-state index in [1.807, 2.05) is 24.2 Å². The highest BCUT2D eigenvalue weighted by Crippen LogP contribution is 2.23. The molecule has 0 bridgehead atoms. The van der Waals surface area contributed by atoms with Gasteiger partial charge in [-0.05, 0) is 55.3 Å². The van der Waals surface area contributed by atoms with Crippen molar-refractivity contribution < 1.29 is 0 Å². The molecule has 0 aliphatic heterocycles. The Morgan fingerprint density at radius 3 is 2.76 bits per heavy atom. The molecule has 2 rings (SSSR count). The van der Waals surface area contributed by atoms with Crippen molar-refractivity contribution in [3.63, 3.8) is 0 Å². The standard InChI is InChI=1S/C17H21BrN2S/c1-2-8-20-16(11-14-6-9-19-10-7-14)13-21-17-5-3-4-15(18)12-17/h3-7,9-10,12,16,20H,2,8,11,13H2,1H3. The van der Waals surface area contributed by atoms with Crippen molar-refractivity contribution >= 4 is 27.7 Å². The van der Waals surface area contributed by atoms with Gasteiger partial charge in [-0.1, -0.05) is 28.9 Å². The maximum Gasteiger partial charge on any atom is 0.0270 e. The highest BCUT2D eigenvalue weighted by Gasteiger charge is 2.09. The first kappa shape index (κ1) is 16.5. The van der Waals surface area contributed by atoms with Crippen LogP contribution in [0.25, 0.3) is 0 Å². The second kappa shape index (κ2) is 9.23. The van der Waals surface area contributed by atoms with Crippen molar-refractivity contribution in [2.75, 3.05) is 12.3 Å². The van der Waals surface area contributed by atoms with Crippen molar-refractivity contribution in [2.24, 2.45) is 0 Å². The molecular weight excluding hydrogens is 344 g/mol. The molecule has 2 aromatic rings. The number of rotatable bonds is 8. The maximum atomic E-state index is 4.09. The zero-order valence-electron chi connectivity index (χ0n) is 12.3. The zero-order valence-corrected chi connectivity index (χ0v) is 14.7. The van der Waals surface area contributed by atoms with Gasteiger partial charge in [-0.15, -0.1) is 11.8 Å². The Labute approximate surface area is 139 Å². The van der Waals surface area contributed by atoms with E-state index in [1.165, 1.54) is 10.5 Å². The molecule has 0 saturated heterocycles. The second-order valence-corrected chi connectivity index (χ2v) is 6.99. The number of nitrogens with zero attached hydrogens (tertiary/aromatic N) is 1. The summed E-state index contributed by atoms with van der Waals surface area (Å²) in [6.45, 7) is 3.27. The van der Waals surface area contributed by atoms with Gasteiger partial charge in [0.05, 0.1) is 0 Å². The second-order valence-electron chi connectivity index (χ2n) is 4.98. The summed E-state index contributed by atoms with van der Waals surface area (Å²) in [6.07, 6.45) is 5.94. The number of hydrogen-bond donors (Lipinski definition) is 1. The first-order valence-corrected chi connectivity index (χ1v) is 9.06. The first-order chi connectivity index (χ1) is 10.3. The van der Waals surface area contributed by atoms with Crippen LogP contribution in [0.1, 0.15) is 18.9 Å². The number of aromatic nitrogens is 1. The Hall–Kier alpha value is -0.840. The topological polar surface area (TPSA) is 24.9 Å².